The van der Waals surface area contributed by atoms with Crippen molar-refractivity contribution in [2.45, 2.75) is 9.17 Å². The fourth-order valence-corrected chi connectivity index (χ4v) is 1.28. The summed E-state index contributed by atoms with van der Waals surface area (Å²) in [5.74, 6) is 0. The Balaban J connectivity index is 2.86. The van der Waals surface area contributed by atoms with Crippen LogP contribution in [0.15, 0.2) is 24.3 Å². The van der Waals surface area contributed by atoms with Crippen molar-refractivity contribution in [1.82, 2.24) is 0 Å². The molecular weight excluding hydrogens is 238 g/mol. The molecule has 0 aliphatic rings. The van der Waals surface area contributed by atoms with Crippen LogP contribution in [0.4, 0.5) is 0 Å². The Morgan fingerprint density at radius 1 is 1.17 bits per heavy atom. The second-order valence-corrected chi connectivity index (χ2v) is 5.04. The minimum atomic E-state index is -1.47. The number of benzene rings is 1. The molecule has 0 saturated heterocycles. The van der Waals surface area contributed by atoms with Gasteiger partial charge in [0.05, 0.1) is 0 Å². The van der Waals surface area contributed by atoms with E-state index in [1.54, 1.807) is 24.3 Å². The van der Waals surface area contributed by atoms with Gasteiger partial charge in [0, 0.05) is 0 Å². The monoisotopic (exact) mass is 241 g/mol. The first kappa shape index (κ1) is 10.5. The van der Waals surface area contributed by atoms with Crippen molar-refractivity contribution in [3.05, 3.63) is 35.9 Å². The lowest BCUT2D eigenvalue weighted by atomic mass is 10.2. The van der Waals surface area contributed by atoms with E-state index in [9.17, 15) is 0 Å². The Morgan fingerprint density at radius 3 is 2.08 bits per heavy atom. The van der Waals surface area contributed by atoms with Crippen molar-refractivity contribution in [1.29, 1.82) is 0 Å². The molecule has 0 saturated carbocycles. The van der Waals surface area contributed by atoms with Crippen LogP contribution < -0.4 is 0 Å². The predicted octanol–water partition coefficient (Wildman–Crippen LogP) is 4.14. The Kier molecular flexibility index (Phi) is 3.54. The standard InChI is InChI=1S/C8H5Cl4/c9-7(8(10,11)12)6-4-2-1-3-5-6/h2-5,7H. The van der Waals surface area contributed by atoms with E-state index in [-0.39, 0.29) is 0 Å². The number of hydrogen-bond donors (Lipinski definition) is 0. The topological polar surface area (TPSA) is 0 Å². The van der Waals surface area contributed by atoms with E-state index in [2.05, 4.69) is 6.07 Å². The molecule has 0 amide bonds. The number of halogens is 4. The van der Waals surface area contributed by atoms with Crippen LogP contribution in [-0.2, 0) is 0 Å². The smallest absolute Gasteiger partial charge is 0.113 e. The summed E-state index contributed by atoms with van der Waals surface area (Å²) in [5, 5.41) is -0.628. The zero-order chi connectivity index (χ0) is 9.19. The van der Waals surface area contributed by atoms with Crippen LogP contribution in [0.2, 0.25) is 0 Å². The first-order chi connectivity index (χ1) is 5.52. The molecule has 0 fully saturated rings. The van der Waals surface area contributed by atoms with Crippen molar-refractivity contribution in [3.63, 3.8) is 0 Å². The molecule has 4 heteroatoms. The maximum absolute atomic E-state index is 5.87. The molecule has 0 bridgehead atoms. The van der Waals surface area contributed by atoms with Gasteiger partial charge in [-0.3, -0.25) is 0 Å². The van der Waals surface area contributed by atoms with E-state index < -0.39 is 9.17 Å². The van der Waals surface area contributed by atoms with E-state index in [0.29, 0.717) is 0 Å². The lowest BCUT2D eigenvalue weighted by Crippen LogP contribution is -2.10. The van der Waals surface area contributed by atoms with Crippen LogP contribution in [0.5, 0.6) is 0 Å². The fourth-order valence-electron chi connectivity index (χ4n) is 0.758. The minimum Gasteiger partial charge on any atom is -0.113 e. The maximum Gasteiger partial charge on any atom is 0.210 e. The summed E-state index contributed by atoms with van der Waals surface area (Å²) < 4.78 is -1.47. The highest BCUT2D eigenvalue weighted by Crippen LogP contribution is 2.43. The first-order valence-corrected chi connectivity index (χ1v) is 4.75. The second kappa shape index (κ2) is 4.06. The van der Waals surface area contributed by atoms with E-state index in [4.69, 9.17) is 46.4 Å². The summed E-state index contributed by atoms with van der Waals surface area (Å²) in [4.78, 5) is 0. The second-order valence-electron chi connectivity index (χ2n) is 2.24. The van der Waals surface area contributed by atoms with Gasteiger partial charge in [-0.05, 0) is 11.6 Å². The molecule has 1 atom stereocenters. The largest absolute Gasteiger partial charge is 0.210 e. The Morgan fingerprint density at radius 2 is 1.67 bits per heavy atom. The minimum absolute atomic E-state index is 0.628. The van der Waals surface area contributed by atoms with Gasteiger partial charge in [0.15, 0.2) is 0 Å². The molecule has 0 spiro atoms. The van der Waals surface area contributed by atoms with Gasteiger partial charge < -0.3 is 0 Å². The van der Waals surface area contributed by atoms with Gasteiger partial charge in [-0.15, -0.1) is 11.6 Å². The van der Waals surface area contributed by atoms with E-state index in [1.165, 1.54) is 0 Å². The summed E-state index contributed by atoms with van der Waals surface area (Å²) in [6.45, 7) is 0. The van der Waals surface area contributed by atoms with Crippen molar-refractivity contribution < 1.29 is 0 Å². The molecule has 65 valence electrons. The third kappa shape index (κ3) is 2.70. The predicted molar refractivity (Wildman–Crippen MR) is 54.2 cm³/mol. The van der Waals surface area contributed by atoms with Crippen molar-refractivity contribution >= 4 is 46.4 Å². The quantitative estimate of drug-likeness (QED) is 0.650. The van der Waals surface area contributed by atoms with Crippen LogP contribution in [0, 0.1) is 6.07 Å². The van der Waals surface area contributed by atoms with Crippen LogP contribution in [0.3, 0.4) is 0 Å². The average Bonchev–Trinajstić information content (AvgIpc) is 2.03. The molecule has 0 aliphatic heterocycles. The Bertz CT molecular complexity index is 239. The van der Waals surface area contributed by atoms with Crippen LogP contribution >= 0.6 is 46.4 Å². The van der Waals surface area contributed by atoms with Crippen molar-refractivity contribution in [3.8, 4) is 0 Å². The van der Waals surface area contributed by atoms with Gasteiger partial charge in [-0.25, -0.2) is 0 Å². The van der Waals surface area contributed by atoms with Gasteiger partial charge in [0.1, 0.15) is 5.38 Å². The molecular formula is C8H5Cl4. The van der Waals surface area contributed by atoms with Crippen LogP contribution in [0.25, 0.3) is 0 Å². The van der Waals surface area contributed by atoms with Gasteiger partial charge >= 0.3 is 0 Å². The lowest BCUT2D eigenvalue weighted by Gasteiger charge is -2.17. The highest BCUT2D eigenvalue weighted by atomic mass is 35.6. The van der Waals surface area contributed by atoms with Gasteiger partial charge in [0.2, 0.25) is 3.79 Å². The Hall–Kier alpha value is 0.380. The van der Waals surface area contributed by atoms with Crippen LogP contribution in [-0.4, -0.2) is 3.79 Å². The molecule has 0 N–H and O–H groups in total. The van der Waals surface area contributed by atoms with E-state index in [0.717, 1.165) is 5.56 Å². The van der Waals surface area contributed by atoms with Gasteiger partial charge in [0.25, 0.3) is 0 Å². The normalized spacial score (nSPS) is 14.3. The molecule has 0 aromatic heterocycles. The zero-order valence-electron chi connectivity index (χ0n) is 5.90. The van der Waals surface area contributed by atoms with Crippen molar-refractivity contribution in [2.24, 2.45) is 0 Å². The maximum atomic E-state index is 5.87. The number of alkyl halides is 4. The third-order valence-corrected chi connectivity index (χ3v) is 2.89. The van der Waals surface area contributed by atoms with E-state index in [1.807, 2.05) is 0 Å². The number of rotatable bonds is 1. The first-order valence-electron chi connectivity index (χ1n) is 3.18. The van der Waals surface area contributed by atoms with Crippen molar-refractivity contribution in [2.75, 3.05) is 0 Å². The van der Waals surface area contributed by atoms with Gasteiger partial charge in [-0.1, -0.05) is 59.1 Å². The Labute approximate surface area is 91.4 Å². The lowest BCUT2D eigenvalue weighted by molar-refractivity contribution is 0.972. The summed E-state index contributed by atoms with van der Waals surface area (Å²) in [6, 6.07) is 9.82. The molecule has 0 aliphatic carbocycles. The third-order valence-electron chi connectivity index (χ3n) is 1.32. The van der Waals surface area contributed by atoms with E-state index >= 15 is 0 Å². The summed E-state index contributed by atoms with van der Waals surface area (Å²) in [7, 11) is 0. The molecule has 12 heavy (non-hydrogen) atoms. The molecule has 1 radical (unpaired) electrons. The zero-order valence-corrected chi connectivity index (χ0v) is 8.92. The molecule has 1 aromatic carbocycles. The SMILES string of the molecule is ClC(c1cc[c]cc1)C(Cl)(Cl)Cl. The molecule has 0 heterocycles. The molecule has 0 nitrogen and oxygen atoms in total. The molecule has 1 rings (SSSR count). The fraction of sp³-hybridized carbons (Fsp3) is 0.250. The van der Waals surface area contributed by atoms with Gasteiger partial charge in [-0.2, -0.15) is 0 Å². The molecule has 1 aromatic rings. The summed E-state index contributed by atoms with van der Waals surface area (Å²) in [6.07, 6.45) is 0. The highest BCUT2D eigenvalue weighted by molar-refractivity contribution is 6.70. The molecule has 1 unspecified atom stereocenters. The number of hydrogen-bond acceptors (Lipinski definition) is 0. The average molecular weight is 243 g/mol. The highest BCUT2D eigenvalue weighted by Gasteiger charge is 2.31. The van der Waals surface area contributed by atoms with Crippen LogP contribution in [0.1, 0.15) is 10.9 Å². The summed E-state index contributed by atoms with van der Waals surface area (Å²) >= 11 is 22.7. The summed E-state index contributed by atoms with van der Waals surface area (Å²) in [5.41, 5.74) is 0.774.